The molecule has 0 spiro atoms. The van der Waals surface area contributed by atoms with Crippen LogP contribution in [0.5, 0.6) is 5.75 Å². The first-order valence-electron chi connectivity index (χ1n) is 8.18. The third-order valence-corrected chi connectivity index (χ3v) is 4.05. The van der Waals surface area contributed by atoms with E-state index in [1.54, 1.807) is 6.07 Å². The van der Waals surface area contributed by atoms with Gasteiger partial charge in [-0.2, -0.15) is 0 Å². The van der Waals surface area contributed by atoms with Crippen LogP contribution in [0.15, 0.2) is 30.3 Å². The lowest BCUT2D eigenvalue weighted by atomic mass is 10.1. The molecule has 5 nitrogen and oxygen atoms in total. The van der Waals surface area contributed by atoms with E-state index in [2.05, 4.69) is 5.32 Å². The maximum absolute atomic E-state index is 12.0. The molecule has 138 valence electrons. The Balaban J connectivity index is 1.84. The second-order valence-corrected chi connectivity index (χ2v) is 6.61. The van der Waals surface area contributed by atoms with Crippen molar-refractivity contribution in [2.75, 3.05) is 18.5 Å². The first kappa shape index (κ1) is 19.8. The van der Waals surface area contributed by atoms with Crippen molar-refractivity contribution in [2.24, 2.45) is 0 Å². The van der Waals surface area contributed by atoms with Gasteiger partial charge in [-0.3, -0.25) is 4.79 Å². The van der Waals surface area contributed by atoms with Crippen LogP contribution in [0.1, 0.15) is 22.3 Å². The van der Waals surface area contributed by atoms with E-state index in [-0.39, 0.29) is 6.61 Å². The van der Waals surface area contributed by atoms with Crippen molar-refractivity contribution in [1.82, 2.24) is 0 Å². The summed E-state index contributed by atoms with van der Waals surface area (Å²) in [6, 6.07) is 9.39. The van der Waals surface area contributed by atoms with Gasteiger partial charge in [-0.1, -0.05) is 29.8 Å². The number of ether oxygens (including phenoxy) is 2. The molecule has 2 aromatic rings. The van der Waals surface area contributed by atoms with Crippen LogP contribution >= 0.6 is 11.6 Å². The number of benzene rings is 2. The van der Waals surface area contributed by atoms with Crippen LogP contribution < -0.4 is 10.1 Å². The minimum Gasteiger partial charge on any atom is -0.482 e. The summed E-state index contributed by atoms with van der Waals surface area (Å²) in [5.41, 5.74) is 4.31. The van der Waals surface area contributed by atoms with Gasteiger partial charge >= 0.3 is 5.97 Å². The molecule has 0 saturated heterocycles. The highest BCUT2D eigenvalue weighted by Gasteiger charge is 2.13. The van der Waals surface area contributed by atoms with E-state index in [0.29, 0.717) is 16.5 Å². The van der Waals surface area contributed by atoms with Crippen LogP contribution in [0.25, 0.3) is 0 Å². The SMILES string of the molecule is Cc1cc(C)c(NC(=O)COC(=O)COc2cc(C)ccc2C)c(Cl)c1. The minimum absolute atomic E-state index is 0.262. The molecule has 2 rings (SSSR count). The molecule has 0 atom stereocenters. The van der Waals surface area contributed by atoms with Crippen LogP contribution in [-0.2, 0) is 14.3 Å². The third kappa shape index (κ3) is 5.49. The van der Waals surface area contributed by atoms with Crippen molar-refractivity contribution in [3.63, 3.8) is 0 Å². The van der Waals surface area contributed by atoms with Crippen LogP contribution in [0.4, 0.5) is 5.69 Å². The molecule has 0 heterocycles. The van der Waals surface area contributed by atoms with Gasteiger partial charge in [0.05, 0.1) is 10.7 Å². The molecule has 6 heteroatoms. The lowest BCUT2D eigenvalue weighted by molar-refractivity contribution is -0.149. The summed E-state index contributed by atoms with van der Waals surface area (Å²) in [5.74, 6) is -0.458. The number of nitrogens with one attached hydrogen (secondary N) is 1. The van der Waals surface area contributed by atoms with Gasteiger partial charge < -0.3 is 14.8 Å². The van der Waals surface area contributed by atoms with E-state index in [1.807, 2.05) is 52.0 Å². The molecule has 0 bridgehead atoms. The molecular formula is C20H22ClNO4. The van der Waals surface area contributed by atoms with Gasteiger partial charge in [0.15, 0.2) is 13.2 Å². The molecule has 0 aliphatic rings. The highest BCUT2D eigenvalue weighted by atomic mass is 35.5. The number of carbonyl (C=O) groups excluding carboxylic acids is 2. The zero-order valence-electron chi connectivity index (χ0n) is 15.3. The number of hydrogen-bond donors (Lipinski definition) is 1. The summed E-state index contributed by atoms with van der Waals surface area (Å²) in [6.45, 7) is 6.93. The van der Waals surface area contributed by atoms with Crippen molar-refractivity contribution in [1.29, 1.82) is 0 Å². The Bertz CT molecular complexity index is 810. The first-order chi connectivity index (χ1) is 12.3. The van der Waals surface area contributed by atoms with E-state index < -0.39 is 18.5 Å². The van der Waals surface area contributed by atoms with E-state index in [0.717, 1.165) is 22.3 Å². The fourth-order valence-electron chi connectivity index (χ4n) is 2.44. The quantitative estimate of drug-likeness (QED) is 0.771. The lowest BCUT2D eigenvalue weighted by Gasteiger charge is -2.12. The summed E-state index contributed by atoms with van der Waals surface area (Å²) in [4.78, 5) is 23.8. The van der Waals surface area contributed by atoms with E-state index >= 15 is 0 Å². The Morgan fingerprint density at radius 3 is 2.38 bits per heavy atom. The average molecular weight is 376 g/mol. The predicted molar refractivity (Wildman–Crippen MR) is 102 cm³/mol. The molecular weight excluding hydrogens is 354 g/mol. The first-order valence-corrected chi connectivity index (χ1v) is 8.56. The standard InChI is InChI=1S/C20H22ClNO4/c1-12-5-6-14(3)17(9-12)25-11-19(24)26-10-18(23)22-20-15(4)7-13(2)8-16(20)21/h5-9H,10-11H2,1-4H3,(H,22,23). The van der Waals surface area contributed by atoms with Crippen molar-refractivity contribution in [3.05, 3.63) is 57.6 Å². The summed E-state index contributed by atoms with van der Waals surface area (Å²) in [7, 11) is 0. The average Bonchev–Trinajstić information content (AvgIpc) is 2.57. The molecule has 0 aromatic heterocycles. The molecule has 26 heavy (non-hydrogen) atoms. The molecule has 0 aliphatic carbocycles. The number of carbonyl (C=O) groups is 2. The van der Waals surface area contributed by atoms with E-state index in [9.17, 15) is 9.59 Å². The van der Waals surface area contributed by atoms with Crippen LogP contribution in [0, 0.1) is 27.7 Å². The molecule has 0 radical (unpaired) electrons. The second-order valence-electron chi connectivity index (χ2n) is 6.21. The van der Waals surface area contributed by atoms with Crippen molar-refractivity contribution < 1.29 is 19.1 Å². The molecule has 0 aliphatic heterocycles. The highest BCUT2D eigenvalue weighted by Crippen LogP contribution is 2.27. The molecule has 2 aromatic carbocycles. The maximum Gasteiger partial charge on any atom is 0.344 e. The number of hydrogen-bond acceptors (Lipinski definition) is 4. The predicted octanol–water partition coefficient (Wildman–Crippen LogP) is 4.13. The Hall–Kier alpha value is -2.53. The summed E-state index contributed by atoms with van der Waals surface area (Å²) >= 11 is 6.14. The van der Waals surface area contributed by atoms with Crippen molar-refractivity contribution in [2.45, 2.75) is 27.7 Å². The summed E-state index contributed by atoms with van der Waals surface area (Å²) in [6.07, 6.45) is 0. The number of anilines is 1. The van der Waals surface area contributed by atoms with Gasteiger partial charge in [0.25, 0.3) is 5.91 Å². The monoisotopic (exact) mass is 375 g/mol. The zero-order chi connectivity index (χ0) is 19.3. The Morgan fingerprint density at radius 1 is 0.962 bits per heavy atom. The molecule has 0 saturated carbocycles. The topological polar surface area (TPSA) is 64.6 Å². The summed E-state index contributed by atoms with van der Waals surface area (Å²) < 4.78 is 10.4. The largest absolute Gasteiger partial charge is 0.482 e. The molecule has 1 amide bonds. The number of halogens is 1. The van der Waals surface area contributed by atoms with Gasteiger partial charge in [0, 0.05) is 0 Å². The Labute approximate surface area is 158 Å². The van der Waals surface area contributed by atoms with Crippen molar-refractivity contribution >= 4 is 29.2 Å². The van der Waals surface area contributed by atoms with Gasteiger partial charge in [0.2, 0.25) is 0 Å². The number of esters is 1. The third-order valence-electron chi connectivity index (χ3n) is 3.75. The smallest absolute Gasteiger partial charge is 0.344 e. The lowest BCUT2D eigenvalue weighted by Crippen LogP contribution is -2.24. The Morgan fingerprint density at radius 2 is 1.69 bits per heavy atom. The number of aryl methyl sites for hydroxylation is 4. The highest BCUT2D eigenvalue weighted by molar-refractivity contribution is 6.34. The minimum atomic E-state index is -0.618. The van der Waals surface area contributed by atoms with Crippen LogP contribution in [0.3, 0.4) is 0 Å². The zero-order valence-corrected chi connectivity index (χ0v) is 16.1. The van der Waals surface area contributed by atoms with Gasteiger partial charge in [-0.15, -0.1) is 0 Å². The summed E-state index contributed by atoms with van der Waals surface area (Å²) in [5, 5.41) is 3.11. The number of rotatable bonds is 6. The van der Waals surface area contributed by atoms with Gasteiger partial charge in [-0.05, 0) is 62.1 Å². The molecule has 0 fully saturated rings. The molecule has 1 N–H and O–H groups in total. The van der Waals surface area contributed by atoms with Gasteiger partial charge in [0.1, 0.15) is 5.75 Å². The molecule has 0 unspecified atom stereocenters. The Kier molecular flexibility index (Phi) is 6.64. The van der Waals surface area contributed by atoms with E-state index in [4.69, 9.17) is 21.1 Å². The second kappa shape index (κ2) is 8.72. The fourth-order valence-corrected chi connectivity index (χ4v) is 2.81. The van der Waals surface area contributed by atoms with Gasteiger partial charge in [-0.25, -0.2) is 4.79 Å². The normalized spacial score (nSPS) is 10.3. The van der Waals surface area contributed by atoms with Crippen molar-refractivity contribution in [3.8, 4) is 5.75 Å². The van der Waals surface area contributed by atoms with Crippen LogP contribution in [-0.4, -0.2) is 25.1 Å². The van der Waals surface area contributed by atoms with E-state index in [1.165, 1.54) is 0 Å². The fraction of sp³-hybridized carbons (Fsp3) is 0.300. The maximum atomic E-state index is 12.0. The van der Waals surface area contributed by atoms with Crippen LogP contribution in [0.2, 0.25) is 5.02 Å². The number of amides is 1.